The zero-order valence-electron chi connectivity index (χ0n) is 12.9. The van der Waals surface area contributed by atoms with Gasteiger partial charge in [0.15, 0.2) is 0 Å². The summed E-state index contributed by atoms with van der Waals surface area (Å²) in [4.78, 5) is 15.9. The molecule has 1 heterocycles. The highest BCUT2D eigenvalue weighted by Crippen LogP contribution is 2.07. The van der Waals surface area contributed by atoms with Gasteiger partial charge in [0.2, 0.25) is 15.8 Å². The Morgan fingerprint density at radius 2 is 2.10 bits per heavy atom. The summed E-state index contributed by atoms with van der Waals surface area (Å²) in [5.41, 5.74) is 0. The summed E-state index contributed by atoms with van der Waals surface area (Å²) in [5.74, 6) is 0.580. The van der Waals surface area contributed by atoms with Gasteiger partial charge in [0.05, 0.1) is 6.26 Å². The molecule has 0 saturated carbocycles. The summed E-state index contributed by atoms with van der Waals surface area (Å²) in [6.45, 7) is 6.85. The molecule has 2 N–H and O–H groups in total. The van der Waals surface area contributed by atoms with E-state index in [1.165, 1.54) is 10.6 Å². The Hall–Kier alpha value is -1.48. The second-order valence-corrected chi connectivity index (χ2v) is 7.05. The molecule has 120 valence electrons. The van der Waals surface area contributed by atoms with Crippen LogP contribution in [0.2, 0.25) is 0 Å². The summed E-state index contributed by atoms with van der Waals surface area (Å²) in [6.07, 6.45) is 1.71. The first-order valence-corrected chi connectivity index (χ1v) is 8.76. The number of hydrogen-bond acceptors (Lipinski definition) is 5. The minimum absolute atomic E-state index is 0.106. The number of carbonyl (C=O) groups excluding carboxylic acids is 1. The van der Waals surface area contributed by atoms with Crippen LogP contribution >= 0.6 is 0 Å². The fourth-order valence-electron chi connectivity index (χ4n) is 1.73. The number of aromatic amines is 1. The molecule has 9 heteroatoms. The molecule has 1 amide bonds. The molecule has 0 atom stereocenters. The van der Waals surface area contributed by atoms with E-state index in [0.717, 1.165) is 0 Å². The van der Waals surface area contributed by atoms with E-state index >= 15 is 0 Å². The lowest BCUT2D eigenvalue weighted by atomic mass is 10.2. The van der Waals surface area contributed by atoms with E-state index in [2.05, 4.69) is 20.5 Å². The van der Waals surface area contributed by atoms with E-state index < -0.39 is 10.0 Å². The number of nitrogens with zero attached hydrogens (tertiary/aromatic N) is 3. The first kappa shape index (κ1) is 17.6. The first-order chi connectivity index (χ1) is 9.75. The summed E-state index contributed by atoms with van der Waals surface area (Å²) >= 11 is 0. The minimum atomic E-state index is -3.18. The zero-order chi connectivity index (χ0) is 16.0. The van der Waals surface area contributed by atoms with Crippen molar-refractivity contribution in [1.82, 2.24) is 24.8 Å². The van der Waals surface area contributed by atoms with Gasteiger partial charge in [-0.1, -0.05) is 20.8 Å². The van der Waals surface area contributed by atoms with E-state index in [9.17, 15) is 13.2 Å². The van der Waals surface area contributed by atoms with Crippen LogP contribution in [0.3, 0.4) is 0 Å². The Bertz CT molecular complexity index is 567. The smallest absolute Gasteiger partial charge is 0.290 e. The molecule has 0 aliphatic rings. The summed E-state index contributed by atoms with van der Waals surface area (Å²) in [5, 5.41) is 9.24. The number of H-pyrrole nitrogens is 1. The van der Waals surface area contributed by atoms with E-state index in [1.54, 1.807) is 6.92 Å². The predicted molar refractivity (Wildman–Crippen MR) is 79.5 cm³/mol. The average Bonchev–Trinajstić information content (AvgIpc) is 2.86. The topological polar surface area (TPSA) is 108 Å². The summed E-state index contributed by atoms with van der Waals surface area (Å²) < 4.78 is 24.1. The number of nitrogens with one attached hydrogen (secondary N) is 2. The summed E-state index contributed by atoms with van der Waals surface area (Å²) in [6, 6.07) is 0. The lowest BCUT2D eigenvalue weighted by molar-refractivity contribution is 0.0942. The van der Waals surface area contributed by atoms with Crippen LogP contribution in [0.25, 0.3) is 0 Å². The molecule has 0 aromatic carbocycles. The second kappa shape index (κ2) is 7.51. The number of hydrogen-bond donors (Lipinski definition) is 2. The molecule has 0 aliphatic carbocycles. The number of aromatic nitrogens is 3. The SMILES string of the molecule is CCN(CCCNC(=O)c1n[nH]c(C(C)C)n1)S(C)(=O)=O. The van der Waals surface area contributed by atoms with Crippen molar-refractivity contribution in [3.05, 3.63) is 11.6 Å². The molecule has 0 saturated heterocycles. The monoisotopic (exact) mass is 317 g/mol. The van der Waals surface area contributed by atoms with Gasteiger partial charge in [0.25, 0.3) is 5.91 Å². The fourth-order valence-corrected chi connectivity index (χ4v) is 2.66. The molecule has 8 nitrogen and oxygen atoms in total. The van der Waals surface area contributed by atoms with Gasteiger partial charge in [-0.05, 0) is 6.42 Å². The predicted octanol–water partition coefficient (Wildman–Crippen LogP) is 0.330. The molecule has 0 bridgehead atoms. The third-order valence-corrected chi connectivity index (χ3v) is 4.32. The van der Waals surface area contributed by atoms with Crippen molar-refractivity contribution in [3.8, 4) is 0 Å². The van der Waals surface area contributed by atoms with Crippen LogP contribution in [-0.2, 0) is 10.0 Å². The Kier molecular flexibility index (Phi) is 6.28. The van der Waals surface area contributed by atoms with Gasteiger partial charge < -0.3 is 5.32 Å². The van der Waals surface area contributed by atoms with Crippen LogP contribution in [0.5, 0.6) is 0 Å². The first-order valence-electron chi connectivity index (χ1n) is 6.91. The zero-order valence-corrected chi connectivity index (χ0v) is 13.7. The standard InChI is InChI=1S/C12H23N5O3S/c1-5-17(21(4,19)20)8-6-7-13-12(18)11-14-10(9(2)3)15-16-11/h9H,5-8H2,1-4H3,(H,13,18)(H,14,15,16). The van der Waals surface area contributed by atoms with E-state index in [0.29, 0.717) is 31.9 Å². The number of carbonyl (C=O) groups is 1. The van der Waals surface area contributed by atoms with Crippen molar-refractivity contribution in [1.29, 1.82) is 0 Å². The van der Waals surface area contributed by atoms with Gasteiger partial charge in [0.1, 0.15) is 5.82 Å². The molecule has 1 aromatic rings. The lowest BCUT2D eigenvalue weighted by Gasteiger charge is -2.17. The second-order valence-electron chi connectivity index (χ2n) is 5.06. The molecule has 1 aromatic heterocycles. The van der Waals surface area contributed by atoms with E-state index in [4.69, 9.17) is 0 Å². The molecule has 1 rings (SSSR count). The number of rotatable bonds is 8. The van der Waals surface area contributed by atoms with Gasteiger partial charge in [-0.2, -0.15) is 0 Å². The molecular formula is C12H23N5O3S. The highest BCUT2D eigenvalue weighted by molar-refractivity contribution is 7.88. The highest BCUT2D eigenvalue weighted by Gasteiger charge is 2.15. The highest BCUT2D eigenvalue weighted by atomic mass is 32.2. The normalized spacial score (nSPS) is 12.1. The molecule has 0 radical (unpaired) electrons. The van der Waals surface area contributed by atoms with Crippen molar-refractivity contribution in [2.24, 2.45) is 0 Å². The van der Waals surface area contributed by atoms with Crippen molar-refractivity contribution in [2.75, 3.05) is 25.9 Å². The van der Waals surface area contributed by atoms with Crippen molar-refractivity contribution >= 4 is 15.9 Å². The maximum absolute atomic E-state index is 11.8. The Balaban J connectivity index is 2.40. The van der Waals surface area contributed by atoms with Gasteiger partial charge in [0, 0.05) is 25.6 Å². The molecule has 0 aliphatic heterocycles. The number of sulfonamides is 1. The van der Waals surface area contributed by atoms with Crippen LogP contribution < -0.4 is 5.32 Å². The van der Waals surface area contributed by atoms with Gasteiger partial charge >= 0.3 is 0 Å². The van der Waals surface area contributed by atoms with Gasteiger partial charge in [-0.15, -0.1) is 5.10 Å². The van der Waals surface area contributed by atoms with Crippen molar-refractivity contribution in [2.45, 2.75) is 33.1 Å². The largest absolute Gasteiger partial charge is 0.349 e. The lowest BCUT2D eigenvalue weighted by Crippen LogP contribution is -2.33. The quantitative estimate of drug-likeness (QED) is 0.672. The van der Waals surface area contributed by atoms with Crippen molar-refractivity contribution < 1.29 is 13.2 Å². The molecule has 0 unspecified atom stereocenters. The average molecular weight is 317 g/mol. The van der Waals surface area contributed by atoms with E-state index in [1.807, 2.05) is 13.8 Å². The molecule has 21 heavy (non-hydrogen) atoms. The third kappa shape index (κ3) is 5.43. The number of amides is 1. The maximum Gasteiger partial charge on any atom is 0.290 e. The summed E-state index contributed by atoms with van der Waals surface area (Å²) in [7, 11) is -3.18. The Morgan fingerprint density at radius 1 is 1.43 bits per heavy atom. The van der Waals surface area contributed by atoms with Crippen LogP contribution in [0.4, 0.5) is 0 Å². The van der Waals surface area contributed by atoms with Gasteiger partial charge in [-0.3, -0.25) is 9.89 Å². The van der Waals surface area contributed by atoms with Crippen LogP contribution in [-0.4, -0.2) is 59.7 Å². The Labute approximate surface area is 125 Å². The fraction of sp³-hybridized carbons (Fsp3) is 0.750. The third-order valence-electron chi connectivity index (χ3n) is 2.94. The Morgan fingerprint density at radius 3 is 2.57 bits per heavy atom. The van der Waals surface area contributed by atoms with E-state index in [-0.39, 0.29) is 17.6 Å². The van der Waals surface area contributed by atoms with Gasteiger partial charge in [-0.25, -0.2) is 17.7 Å². The molecule has 0 spiro atoms. The maximum atomic E-state index is 11.8. The molecule has 0 fully saturated rings. The van der Waals surface area contributed by atoms with Crippen LogP contribution in [0.1, 0.15) is 49.6 Å². The van der Waals surface area contributed by atoms with Crippen LogP contribution in [0.15, 0.2) is 0 Å². The minimum Gasteiger partial charge on any atom is -0.349 e. The van der Waals surface area contributed by atoms with Crippen molar-refractivity contribution in [3.63, 3.8) is 0 Å². The molecular weight excluding hydrogens is 294 g/mol. The van der Waals surface area contributed by atoms with Crippen LogP contribution in [0, 0.1) is 0 Å².